The van der Waals surface area contributed by atoms with E-state index >= 15 is 0 Å². The maximum absolute atomic E-state index is 11.9. The van der Waals surface area contributed by atoms with Crippen molar-refractivity contribution < 1.29 is 19.1 Å². The lowest BCUT2D eigenvalue weighted by molar-refractivity contribution is -0.152. The Kier molecular flexibility index (Phi) is 6.64. The standard InChI is InChI=1S/C19H27NO4/c1-13-4-7-17(12-14(13)2)24-19(22)11-10-18(21)20-15-5-8-16(23-3)9-6-15/h5-6,8-9,13-14,17H,4,7,10-12H2,1-3H3,(H,20,21)/t13-,14-,17+/m1/s1. The summed E-state index contributed by atoms with van der Waals surface area (Å²) < 4.78 is 10.6. The first-order valence-electron chi connectivity index (χ1n) is 8.61. The first kappa shape index (κ1) is 18.3. The second-order valence-electron chi connectivity index (χ2n) is 6.66. The predicted octanol–water partition coefficient (Wildman–Crippen LogP) is 3.78. The summed E-state index contributed by atoms with van der Waals surface area (Å²) in [6.45, 7) is 4.44. The van der Waals surface area contributed by atoms with Crippen molar-refractivity contribution in [3.63, 3.8) is 0 Å². The van der Waals surface area contributed by atoms with E-state index in [0.717, 1.165) is 25.0 Å². The number of esters is 1. The third-order valence-electron chi connectivity index (χ3n) is 4.78. The molecule has 0 saturated heterocycles. The van der Waals surface area contributed by atoms with E-state index in [4.69, 9.17) is 9.47 Å². The number of nitrogens with one attached hydrogen (secondary N) is 1. The van der Waals surface area contributed by atoms with Gasteiger partial charge >= 0.3 is 5.97 Å². The van der Waals surface area contributed by atoms with Gasteiger partial charge in [0, 0.05) is 12.1 Å². The minimum atomic E-state index is -0.286. The molecule has 1 aromatic rings. The summed E-state index contributed by atoms with van der Waals surface area (Å²) in [6.07, 6.45) is 3.19. The van der Waals surface area contributed by atoms with Crippen LogP contribution < -0.4 is 10.1 Å². The number of anilines is 1. The number of hydrogen-bond acceptors (Lipinski definition) is 4. The van der Waals surface area contributed by atoms with Gasteiger partial charge in [-0.25, -0.2) is 0 Å². The van der Waals surface area contributed by atoms with Crippen LogP contribution in [0.15, 0.2) is 24.3 Å². The first-order valence-corrected chi connectivity index (χ1v) is 8.61. The minimum Gasteiger partial charge on any atom is -0.497 e. The molecule has 1 saturated carbocycles. The molecule has 0 aromatic heterocycles. The maximum Gasteiger partial charge on any atom is 0.306 e. The van der Waals surface area contributed by atoms with Crippen molar-refractivity contribution in [2.24, 2.45) is 11.8 Å². The van der Waals surface area contributed by atoms with Crippen LogP contribution in [0.4, 0.5) is 5.69 Å². The van der Waals surface area contributed by atoms with E-state index in [9.17, 15) is 9.59 Å². The number of amides is 1. The number of ether oxygens (including phenoxy) is 2. The van der Waals surface area contributed by atoms with Gasteiger partial charge in [0.25, 0.3) is 0 Å². The number of rotatable bonds is 6. The number of carbonyl (C=O) groups excluding carboxylic acids is 2. The summed E-state index contributed by atoms with van der Waals surface area (Å²) in [5, 5.41) is 2.76. The van der Waals surface area contributed by atoms with E-state index in [1.807, 2.05) is 0 Å². The molecule has 1 fully saturated rings. The Hall–Kier alpha value is -2.04. The zero-order chi connectivity index (χ0) is 17.5. The molecule has 24 heavy (non-hydrogen) atoms. The molecule has 5 heteroatoms. The van der Waals surface area contributed by atoms with Gasteiger partial charge in [0.05, 0.1) is 13.5 Å². The fourth-order valence-electron chi connectivity index (χ4n) is 2.96. The molecule has 0 radical (unpaired) electrons. The van der Waals surface area contributed by atoms with Crippen LogP contribution in [0, 0.1) is 11.8 Å². The van der Waals surface area contributed by atoms with E-state index in [1.165, 1.54) is 0 Å². The van der Waals surface area contributed by atoms with Crippen molar-refractivity contribution in [1.29, 1.82) is 0 Å². The summed E-state index contributed by atoms with van der Waals surface area (Å²) in [4.78, 5) is 23.8. The van der Waals surface area contributed by atoms with Crippen LogP contribution in [-0.2, 0) is 14.3 Å². The van der Waals surface area contributed by atoms with Crippen molar-refractivity contribution in [3.05, 3.63) is 24.3 Å². The van der Waals surface area contributed by atoms with Crippen LogP contribution in [0.2, 0.25) is 0 Å². The summed E-state index contributed by atoms with van der Waals surface area (Å²) in [6, 6.07) is 7.07. The molecule has 2 rings (SSSR count). The molecule has 5 nitrogen and oxygen atoms in total. The van der Waals surface area contributed by atoms with Crippen LogP contribution in [0.25, 0.3) is 0 Å². The van der Waals surface area contributed by atoms with Crippen molar-refractivity contribution >= 4 is 17.6 Å². The van der Waals surface area contributed by atoms with Crippen molar-refractivity contribution in [2.45, 2.75) is 52.1 Å². The van der Waals surface area contributed by atoms with Gasteiger partial charge in [-0.05, 0) is 55.4 Å². The summed E-state index contributed by atoms with van der Waals surface area (Å²) >= 11 is 0. The second kappa shape index (κ2) is 8.71. The highest BCUT2D eigenvalue weighted by molar-refractivity contribution is 5.92. The van der Waals surface area contributed by atoms with Crippen molar-refractivity contribution in [1.82, 2.24) is 0 Å². The maximum atomic E-state index is 11.9. The number of hydrogen-bond donors (Lipinski definition) is 1. The van der Waals surface area contributed by atoms with E-state index in [-0.39, 0.29) is 30.8 Å². The lowest BCUT2D eigenvalue weighted by Crippen LogP contribution is -2.29. The van der Waals surface area contributed by atoms with Crippen LogP contribution in [0.5, 0.6) is 5.75 Å². The molecule has 1 aliphatic carbocycles. The molecule has 0 aliphatic heterocycles. The largest absolute Gasteiger partial charge is 0.497 e. The highest BCUT2D eigenvalue weighted by atomic mass is 16.5. The smallest absolute Gasteiger partial charge is 0.306 e. The van der Waals surface area contributed by atoms with Crippen LogP contribution in [0.3, 0.4) is 0 Å². The predicted molar refractivity (Wildman–Crippen MR) is 92.9 cm³/mol. The molecule has 1 N–H and O–H groups in total. The molecule has 132 valence electrons. The monoisotopic (exact) mass is 333 g/mol. The third-order valence-corrected chi connectivity index (χ3v) is 4.78. The Labute approximate surface area is 143 Å². The first-order chi connectivity index (χ1) is 11.5. The summed E-state index contributed by atoms with van der Waals surface area (Å²) in [7, 11) is 1.59. The quantitative estimate of drug-likeness (QED) is 0.805. The van der Waals surface area contributed by atoms with Gasteiger partial charge in [0.15, 0.2) is 0 Å². The molecule has 0 unspecified atom stereocenters. The van der Waals surface area contributed by atoms with Crippen LogP contribution in [-0.4, -0.2) is 25.1 Å². The molecule has 0 spiro atoms. The van der Waals surface area contributed by atoms with Gasteiger partial charge < -0.3 is 14.8 Å². The van der Waals surface area contributed by atoms with Gasteiger partial charge in [-0.2, -0.15) is 0 Å². The molecule has 1 aromatic carbocycles. The molecule has 3 atom stereocenters. The zero-order valence-electron chi connectivity index (χ0n) is 14.7. The Balaban J connectivity index is 1.70. The van der Waals surface area contributed by atoms with E-state index < -0.39 is 0 Å². The summed E-state index contributed by atoms with van der Waals surface area (Å²) in [5.74, 6) is 1.52. The molecule has 0 heterocycles. The van der Waals surface area contributed by atoms with E-state index in [1.54, 1.807) is 31.4 Å². The molecule has 0 bridgehead atoms. The van der Waals surface area contributed by atoms with Gasteiger partial charge in [0.2, 0.25) is 5.91 Å². The van der Waals surface area contributed by atoms with Crippen molar-refractivity contribution in [3.8, 4) is 5.75 Å². The average molecular weight is 333 g/mol. The second-order valence-corrected chi connectivity index (χ2v) is 6.66. The highest BCUT2D eigenvalue weighted by Crippen LogP contribution is 2.31. The highest BCUT2D eigenvalue weighted by Gasteiger charge is 2.27. The lowest BCUT2D eigenvalue weighted by Gasteiger charge is -2.31. The zero-order valence-corrected chi connectivity index (χ0v) is 14.7. The van der Waals surface area contributed by atoms with E-state index in [2.05, 4.69) is 19.2 Å². The normalized spacial score (nSPS) is 23.4. The lowest BCUT2D eigenvalue weighted by atomic mass is 9.80. The molecule has 1 aliphatic rings. The SMILES string of the molecule is COc1ccc(NC(=O)CCC(=O)O[C@H]2CC[C@@H](C)[C@H](C)C2)cc1. The topological polar surface area (TPSA) is 64.6 Å². The number of benzene rings is 1. The van der Waals surface area contributed by atoms with Crippen molar-refractivity contribution in [2.75, 3.05) is 12.4 Å². The Morgan fingerprint density at radius 2 is 1.79 bits per heavy atom. The van der Waals surface area contributed by atoms with Crippen LogP contribution >= 0.6 is 0 Å². The number of methoxy groups -OCH3 is 1. The molecular formula is C19H27NO4. The van der Waals surface area contributed by atoms with Gasteiger partial charge in [-0.15, -0.1) is 0 Å². The summed E-state index contributed by atoms with van der Waals surface area (Å²) in [5.41, 5.74) is 0.685. The minimum absolute atomic E-state index is 0.00773. The van der Waals surface area contributed by atoms with E-state index in [0.29, 0.717) is 17.5 Å². The Morgan fingerprint density at radius 3 is 2.42 bits per heavy atom. The van der Waals surface area contributed by atoms with Gasteiger partial charge in [-0.1, -0.05) is 13.8 Å². The Bertz CT molecular complexity index is 555. The fourth-order valence-corrected chi connectivity index (χ4v) is 2.96. The number of carbonyl (C=O) groups is 2. The Morgan fingerprint density at radius 1 is 1.08 bits per heavy atom. The molecular weight excluding hydrogens is 306 g/mol. The van der Waals surface area contributed by atoms with Crippen LogP contribution in [0.1, 0.15) is 46.0 Å². The third kappa shape index (κ3) is 5.55. The average Bonchev–Trinajstić information content (AvgIpc) is 2.57. The fraction of sp³-hybridized carbons (Fsp3) is 0.579. The van der Waals surface area contributed by atoms with Gasteiger partial charge in [-0.3, -0.25) is 9.59 Å². The molecule has 1 amide bonds. The van der Waals surface area contributed by atoms with Gasteiger partial charge in [0.1, 0.15) is 11.9 Å².